The summed E-state index contributed by atoms with van der Waals surface area (Å²) in [6.07, 6.45) is 0.0186. The second-order valence-corrected chi connectivity index (χ2v) is 6.71. The Bertz CT molecular complexity index is 487. The molecule has 1 amide bonds. The number of hydrogen-bond donors (Lipinski definition) is 1. The van der Waals surface area contributed by atoms with Gasteiger partial charge in [-0.15, -0.1) is 0 Å². The fourth-order valence-corrected chi connectivity index (χ4v) is 3.41. The summed E-state index contributed by atoms with van der Waals surface area (Å²) in [5.74, 6) is 0.113. The quantitative estimate of drug-likeness (QED) is 0.792. The van der Waals surface area contributed by atoms with Crippen molar-refractivity contribution in [3.63, 3.8) is 0 Å². The summed E-state index contributed by atoms with van der Waals surface area (Å²) in [5.41, 5.74) is -0.484. The minimum atomic E-state index is -4.37. The molecule has 2 atom stereocenters. The van der Waals surface area contributed by atoms with E-state index in [1.807, 2.05) is 0 Å². The van der Waals surface area contributed by atoms with Crippen molar-refractivity contribution in [2.45, 2.75) is 36.7 Å². The number of nitrogens with one attached hydrogen (secondary N) is 1. The zero-order valence-electron chi connectivity index (χ0n) is 11.4. The molecule has 0 bridgehead atoms. The van der Waals surface area contributed by atoms with Crippen molar-refractivity contribution in [2.75, 3.05) is 6.54 Å². The second kappa shape index (κ2) is 6.81. The third-order valence-electron chi connectivity index (χ3n) is 3.74. The van der Waals surface area contributed by atoms with Crippen LogP contribution in [-0.4, -0.2) is 17.3 Å². The van der Waals surface area contributed by atoms with E-state index in [4.69, 9.17) is 0 Å². The summed E-state index contributed by atoms with van der Waals surface area (Å²) in [7, 11) is 0. The van der Waals surface area contributed by atoms with Crippen LogP contribution in [-0.2, 0) is 6.18 Å². The number of carbonyl (C=O) groups is 1. The van der Waals surface area contributed by atoms with Crippen molar-refractivity contribution >= 4 is 21.8 Å². The Morgan fingerprint density at radius 3 is 2.48 bits per heavy atom. The minimum absolute atomic E-state index is 0.259. The van der Waals surface area contributed by atoms with E-state index in [-0.39, 0.29) is 11.5 Å². The van der Waals surface area contributed by atoms with Crippen LogP contribution in [0, 0.1) is 5.92 Å². The van der Waals surface area contributed by atoms with Gasteiger partial charge in [-0.3, -0.25) is 4.79 Å². The van der Waals surface area contributed by atoms with Gasteiger partial charge >= 0.3 is 6.18 Å². The summed E-state index contributed by atoms with van der Waals surface area (Å²) in [4.78, 5) is 12.4. The van der Waals surface area contributed by atoms with Gasteiger partial charge in [0.2, 0.25) is 0 Å². The van der Waals surface area contributed by atoms with Crippen LogP contribution in [0.3, 0.4) is 0 Å². The van der Waals surface area contributed by atoms with E-state index >= 15 is 0 Å². The molecule has 1 fully saturated rings. The minimum Gasteiger partial charge on any atom is -0.352 e. The fraction of sp³-hybridized carbons (Fsp3) is 0.533. The molecule has 0 saturated heterocycles. The first-order valence-corrected chi connectivity index (χ1v) is 7.87. The lowest BCUT2D eigenvalue weighted by Crippen LogP contribution is -2.32. The average Bonchev–Trinajstić information content (AvgIpc) is 2.44. The van der Waals surface area contributed by atoms with Crippen LogP contribution in [0.2, 0.25) is 0 Å². The molecule has 1 aliphatic carbocycles. The van der Waals surface area contributed by atoms with E-state index in [2.05, 4.69) is 21.2 Å². The highest BCUT2D eigenvalue weighted by molar-refractivity contribution is 9.09. The van der Waals surface area contributed by atoms with Gasteiger partial charge in [0.05, 0.1) is 5.56 Å². The summed E-state index contributed by atoms with van der Waals surface area (Å²) in [6.45, 7) is 0.571. The molecule has 0 aliphatic heterocycles. The van der Waals surface area contributed by atoms with E-state index in [0.29, 0.717) is 17.3 Å². The number of benzene rings is 1. The Balaban J connectivity index is 1.88. The monoisotopic (exact) mass is 363 g/mol. The Hall–Kier alpha value is -1.04. The van der Waals surface area contributed by atoms with Crippen LogP contribution in [0.15, 0.2) is 24.3 Å². The van der Waals surface area contributed by atoms with Crippen molar-refractivity contribution in [2.24, 2.45) is 5.92 Å². The van der Waals surface area contributed by atoms with Gasteiger partial charge < -0.3 is 5.32 Å². The van der Waals surface area contributed by atoms with E-state index in [0.717, 1.165) is 37.8 Å². The lowest BCUT2D eigenvalue weighted by Gasteiger charge is -2.25. The molecular weight excluding hydrogens is 347 g/mol. The van der Waals surface area contributed by atoms with Crippen molar-refractivity contribution < 1.29 is 18.0 Å². The first-order valence-electron chi connectivity index (χ1n) is 6.96. The number of carbonyl (C=O) groups excluding carboxylic acids is 1. The first kappa shape index (κ1) is 16.3. The maximum absolute atomic E-state index is 12.4. The van der Waals surface area contributed by atoms with Gasteiger partial charge in [-0.05, 0) is 49.4 Å². The normalized spacial score (nSPS) is 22.9. The average molecular weight is 364 g/mol. The zero-order chi connectivity index (χ0) is 15.5. The SMILES string of the molecule is O=C(NCC1CCCC(Br)C1)c1ccc(C(F)(F)F)cc1. The van der Waals surface area contributed by atoms with E-state index in [1.165, 1.54) is 12.1 Å². The highest BCUT2D eigenvalue weighted by Gasteiger charge is 2.30. The predicted octanol–water partition coefficient (Wildman–Crippen LogP) is 4.39. The predicted molar refractivity (Wildman–Crippen MR) is 78.5 cm³/mol. The Morgan fingerprint density at radius 1 is 1.24 bits per heavy atom. The van der Waals surface area contributed by atoms with Gasteiger partial charge in [0.15, 0.2) is 0 Å². The molecule has 0 aromatic heterocycles. The third kappa shape index (κ3) is 4.73. The molecular formula is C15H17BrF3NO. The number of rotatable bonds is 3. The molecule has 0 spiro atoms. The van der Waals surface area contributed by atoms with Gasteiger partial charge in [-0.2, -0.15) is 13.2 Å². The van der Waals surface area contributed by atoms with Crippen LogP contribution in [0.4, 0.5) is 13.2 Å². The highest BCUT2D eigenvalue weighted by Crippen LogP contribution is 2.30. The Labute approximate surface area is 130 Å². The van der Waals surface area contributed by atoms with Gasteiger partial charge in [-0.25, -0.2) is 0 Å². The number of amides is 1. The Morgan fingerprint density at radius 2 is 1.90 bits per heavy atom. The van der Waals surface area contributed by atoms with Crippen molar-refractivity contribution in [3.8, 4) is 0 Å². The van der Waals surface area contributed by atoms with Gasteiger partial charge in [0.1, 0.15) is 0 Å². The number of alkyl halides is 4. The first-order chi connectivity index (χ1) is 9.86. The van der Waals surface area contributed by atoms with Crippen LogP contribution in [0.1, 0.15) is 41.6 Å². The zero-order valence-corrected chi connectivity index (χ0v) is 13.0. The summed E-state index contributed by atoms with van der Waals surface area (Å²) < 4.78 is 37.3. The lowest BCUT2D eigenvalue weighted by molar-refractivity contribution is -0.137. The van der Waals surface area contributed by atoms with E-state index < -0.39 is 11.7 Å². The highest BCUT2D eigenvalue weighted by atomic mass is 79.9. The maximum atomic E-state index is 12.4. The van der Waals surface area contributed by atoms with E-state index in [9.17, 15) is 18.0 Å². The molecule has 2 unspecified atom stereocenters. The molecule has 116 valence electrons. The molecule has 6 heteroatoms. The van der Waals surface area contributed by atoms with Gasteiger partial charge in [0, 0.05) is 16.9 Å². The number of hydrogen-bond acceptors (Lipinski definition) is 1. The smallest absolute Gasteiger partial charge is 0.352 e. The van der Waals surface area contributed by atoms with Crippen LogP contribution < -0.4 is 5.32 Å². The molecule has 0 radical (unpaired) electrons. The second-order valence-electron chi connectivity index (χ2n) is 5.42. The molecule has 21 heavy (non-hydrogen) atoms. The molecule has 0 heterocycles. The summed E-state index contributed by atoms with van der Waals surface area (Å²) in [5, 5.41) is 2.81. The van der Waals surface area contributed by atoms with Crippen molar-refractivity contribution in [1.82, 2.24) is 5.32 Å². The largest absolute Gasteiger partial charge is 0.416 e. The molecule has 2 rings (SSSR count). The van der Waals surface area contributed by atoms with Crippen LogP contribution >= 0.6 is 15.9 Å². The molecule has 1 aliphatic rings. The standard InChI is InChI=1S/C15H17BrF3NO/c16-13-3-1-2-10(8-13)9-20-14(21)11-4-6-12(7-5-11)15(17,18)19/h4-7,10,13H,1-3,8-9H2,(H,20,21). The van der Waals surface area contributed by atoms with Gasteiger partial charge in [-0.1, -0.05) is 22.4 Å². The lowest BCUT2D eigenvalue weighted by atomic mass is 9.89. The van der Waals surface area contributed by atoms with Crippen LogP contribution in [0.25, 0.3) is 0 Å². The summed E-state index contributed by atoms with van der Waals surface area (Å²) in [6, 6.07) is 4.30. The summed E-state index contributed by atoms with van der Waals surface area (Å²) >= 11 is 3.59. The third-order valence-corrected chi connectivity index (χ3v) is 4.58. The van der Waals surface area contributed by atoms with Crippen LogP contribution in [0.5, 0.6) is 0 Å². The molecule has 1 aromatic carbocycles. The maximum Gasteiger partial charge on any atom is 0.416 e. The topological polar surface area (TPSA) is 29.1 Å². The molecule has 1 aromatic rings. The van der Waals surface area contributed by atoms with E-state index in [1.54, 1.807) is 0 Å². The van der Waals surface area contributed by atoms with Gasteiger partial charge in [0.25, 0.3) is 5.91 Å². The fourth-order valence-electron chi connectivity index (χ4n) is 2.56. The van der Waals surface area contributed by atoms with Crippen molar-refractivity contribution in [1.29, 1.82) is 0 Å². The van der Waals surface area contributed by atoms with Crippen molar-refractivity contribution in [3.05, 3.63) is 35.4 Å². The number of halogens is 4. The molecule has 1 N–H and O–H groups in total. The molecule has 1 saturated carbocycles. The Kier molecular flexibility index (Phi) is 5.30. The molecule has 2 nitrogen and oxygen atoms in total.